The van der Waals surface area contributed by atoms with E-state index in [2.05, 4.69) is 13.7 Å². The fraction of sp³-hybridized carbons (Fsp3) is 0.435. The molecule has 0 bridgehead atoms. The quantitative estimate of drug-likeness (QED) is 0.129. The lowest BCUT2D eigenvalue weighted by atomic mass is 10.1. The third kappa shape index (κ3) is 12.1. The van der Waals surface area contributed by atoms with Crippen molar-refractivity contribution in [2.45, 2.75) is 38.2 Å². The minimum absolute atomic E-state index is 0.0679. The number of hydroxylamine groups is 1. The molecule has 230 valence electrons. The molecule has 18 heteroatoms. The normalized spacial score (nSPS) is 14.0. The first kappa shape index (κ1) is 34.1. The van der Waals surface area contributed by atoms with Crippen molar-refractivity contribution < 1.29 is 61.2 Å². The fourth-order valence-corrected chi connectivity index (χ4v) is 4.05. The summed E-state index contributed by atoms with van der Waals surface area (Å²) >= 11 is 0. The van der Waals surface area contributed by atoms with Gasteiger partial charge < -0.3 is 9.47 Å². The first-order valence-electron chi connectivity index (χ1n) is 11.6. The summed E-state index contributed by atoms with van der Waals surface area (Å²) in [5.74, 6) is -0.0468. The predicted molar refractivity (Wildman–Crippen MR) is 134 cm³/mol. The SMILES string of the molecule is CCCS(=O)(=O)ONC(c1ccc(OCCCOc2ccc(/C(=N/OS(C)(=O)=O)C(F)(F)F)cc2)cc1)C(F)(F)F. The minimum atomic E-state index is -4.99. The monoisotopic (exact) mass is 636 g/mol. The molecule has 2 rings (SSSR count). The number of benzene rings is 2. The minimum Gasteiger partial charge on any atom is -0.493 e. The largest absolute Gasteiger partial charge is 0.493 e. The molecular formula is C23H26F6N2O8S2. The van der Waals surface area contributed by atoms with Crippen LogP contribution in [-0.2, 0) is 28.8 Å². The Hall–Kier alpha value is -3.09. The molecule has 0 radical (unpaired) electrons. The van der Waals surface area contributed by atoms with E-state index in [-0.39, 0.29) is 43.1 Å². The number of hydrogen-bond donors (Lipinski definition) is 1. The Bertz CT molecular complexity index is 1360. The summed E-state index contributed by atoms with van der Waals surface area (Å²) < 4.78 is 144. The van der Waals surface area contributed by atoms with Gasteiger partial charge in [-0.3, -0.25) is 4.28 Å². The third-order valence-electron chi connectivity index (χ3n) is 4.77. The molecule has 0 heterocycles. The van der Waals surface area contributed by atoms with Crippen molar-refractivity contribution in [2.75, 3.05) is 25.2 Å². The van der Waals surface area contributed by atoms with Crippen molar-refractivity contribution in [2.24, 2.45) is 5.16 Å². The van der Waals surface area contributed by atoms with Crippen LogP contribution in [0.4, 0.5) is 26.3 Å². The van der Waals surface area contributed by atoms with Gasteiger partial charge in [-0.05, 0) is 48.4 Å². The zero-order valence-corrected chi connectivity index (χ0v) is 23.2. The number of alkyl halides is 6. The van der Waals surface area contributed by atoms with Gasteiger partial charge in [0.25, 0.3) is 10.1 Å². The molecule has 41 heavy (non-hydrogen) atoms. The van der Waals surface area contributed by atoms with Crippen LogP contribution in [0.25, 0.3) is 0 Å². The average molecular weight is 637 g/mol. The summed E-state index contributed by atoms with van der Waals surface area (Å²) in [6.07, 6.45) is -8.85. The summed E-state index contributed by atoms with van der Waals surface area (Å²) in [6, 6.07) is 6.72. The zero-order valence-electron chi connectivity index (χ0n) is 21.5. The lowest BCUT2D eigenvalue weighted by Gasteiger charge is -2.21. The highest BCUT2D eigenvalue weighted by Gasteiger charge is 2.42. The Morgan fingerprint density at radius 2 is 1.39 bits per heavy atom. The summed E-state index contributed by atoms with van der Waals surface area (Å²) in [7, 11) is -8.43. The van der Waals surface area contributed by atoms with Gasteiger partial charge in [0.2, 0.25) is 0 Å². The topological polar surface area (TPSA) is 130 Å². The highest BCUT2D eigenvalue weighted by molar-refractivity contribution is 7.86. The molecule has 1 N–H and O–H groups in total. The molecule has 0 aliphatic rings. The Morgan fingerprint density at radius 3 is 1.83 bits per heavy atom. The molecule has 0 saturated heterocycles. The number of hydrogen-bond acceptors (Lipinski definition) is 10. The van der Waals surface area contributed by atoms with E-state index in [0.29, 0.717) is 6.26 Å². The predicted octanol–water partition coefficient (Wildman–Crippen LogP) is 4.64. The number of oxime groups is 1. The number of ether oxygens (including phenoxy) is 2. The van der Waals surface area contributed by atoms with E-state index in [1.54, 1.807) is 5.48 Å². The van der Waals surface area contributed by atoms with E-state index >= 15 is 0 Å². The van der Waals surface area contributed by atoms with Crippen molar-refractivity contribution in [3.05, 3.63) is 59.7 Å². The molecule has 0 aliphatic carbocycles. The lowest BCUT2D eigenvalue weighted by Crippen LogP contribution is -2.36. The van der Waals surface area contributed by atoms with Crippen molar-refractivity contribution in [3.63, 3.8) is 0 Å². The van der Waals surface area contributed by atoms with Gasteiger partial charge in [0.05, 0.1) is 25.2 Å². The maximum Gasteiger partial charge on any atom is 0.437 e. The number of rotatable bonds is 15. The number of nitrogens with one attached hydrogen (secondary N) is 1. The van der Waals surface area contributed by atoms with Crippen LogP contribution in [0.5, 0.6) is 11.5 Å². The van der Waals surface area contributed by atoms with Crippen LogP contribution < -0.4 is 15.0 Å². The molecule has 2 aromatic rings. The van der Waals surface area contributed by atoms with E-state index in [4.69, 9.17) is 9.47 Å². The van der Waals surface area contributed by atoms with Crippen LogP contribution in [0.3, 0.4) is 0 Å². The Morgan fingerprint density at radius 1 is 0.878 bits per heavy atom. The van der Waals surface area contributed by atoms with Crippen LogP contribution in [0, 0.1) is 0 Å². The van der Waals surface area contributed by atoms with E-state index in [0.717, 1.165) is 24.3 Å². The summed E-state index contributed by atoms with van der Waals surface area (Å²) in [4.78, 5) is 0. The summed E-state index contributed by atoms with van der Waals surface area (Å²) in [5, 5.41) is 2.69. The maximum atomic E-state index is 13.4. The third-order valence-corrected chi connectivity index (χ3v) is 6.38. The fourth-order valence-electron chi connectivity index (χ4n) is 3.01. The van der Waals surface area contributed by atoms with Gasteiger partial charge in [0.15, 0.2) is 11.8 Å². The first-order chi connectivity index (χ1) is 18.9. The van der Waals surface area contributed by atoms with Crippen LogP contribution in [0.15, 0.2) is 53.7 Å². The zero-order chi connectivity index (χ0) is 30.9. The highest BCUT2D eigenvalue weighted by Crippen LogP contribution is 2.33. The molecular weight excluding hydrogens is 610 g/mol. The summed E-state index contributed by atoms with van der Waals surface area (Å²) in [5.41, 5.74) is -0.769. The molecule has 0 aromatic heterocycles. The second kappa shape index (κ2) is 14.2. The van der Waals surface area contributed by atoms with Crippen LogP contribution in [0.2, 0.25) is 0 Å². The van der Waals surface area contributed by atoms with E-state index in [1.807, 2.05) is 0 Å². The standard InChI is InChI=1S/C23H26F6N2O8S2/c1-3-15-41(34,35)39-31-21(23(27,28)29)17-7-11-19(12-8-17)37-14-4-13-36-18-9-5-16(6-10-18)20(22(24,25)26)30-38-40(2,32)33/h5-12,21,31H,3-4,13-15H2,1-2H3/b30-20-. The first-order valence-corrected chi connectivity index (χ1v) is 15.0. The van der Waals surface area contributed by atoms with Gasteiger partial charge in [-0.2, -0.15) is 52.9 Å². The Labute approximate surface area is 232 Å². The van der Waals surface area contributed by atoms with Gasteiger partial charge in [-0.1, -0.05) is 24.2 Å². The molecule has 1 unspecified atom stereocenters. The Kier molecular flexibility index (Phi) is 11.8. The van der Waals surface area contributed by atoms with E-state index < -0.39 is 55.7 Å². The van der Waals surface area contributed by atoms with E-state index in [1.165, 1.54) is 31.2 Å². The molecule has 2 aromatic carbocycles. The van der Waals surface area contributed by atoms with Gasteiger partial charge in [0, 0.05) is 12.0 Å². The molecule has 0 amide bonds. The van der Waals surface area contributed by atoms with Gasteiger partial charge in [-0.25, -0.2) is 0 Å². The van der Waals surface area contributed by atoms with E-state index in [9.17, 15) is 43.2 Å². The molecule has 0 fully saturated rings. The maximum absolute atomic E-state index is 13.4. The van der Waals surface area contributed by atoms with Crippen molar-refractivity contribution in [3.8, 4) is 11.5 Å². The van der Waals surface area contributed by atoms with Gasteiger partial charge in [-0.15, -0.1) is 0 Å². The molecule has 1 atom stereocenters. The number of nitrogens with zero attached hydrogens (tertiary/aromatic N) is 1. The van der Waals surface area contributed by atoms with Gasteiger partial charge in [0.1, 0.15) is 11.5 Å². The molecule has 0 aliphatic heterocycles. The molecule has 10 nitrogen and oxygen atoms in total. The second-order valence-corrected chi connectivity index (χ2v) is 11.5. The molecule has 0 saturated carbocycles. The smallest absolute Gasteiger partial charge is 0.437 e. The Balaban J connectivity index is 1.89. The van der Waals surface area contributed by atoms with Crippen molar-refractivity contribution in [1.82, 2.24) is 5.48 Å². The summed E-state index contributed by atoms with van der Waals surface area (Å²) in [6.45, 7) is 1.67. The van der Waals surface area contributed by atoms with Crippen LogP contribution >= 0.6 is 0 Å². The van der Waals surface area contributed by atoms with Crippen LogP contribution in [-0.4, -0.2) is 60.1 Å². The lowest BCUT2D eigenvalue weighted by molar-refractivity contribution is -0.174. The van der Waals surface area contributed by atoms with Crippen molar-refractivity contribution >= 4 is 25.9 Å². The van der Waals surface area contributed by atoms with Crippen LogP contribution in [0.1, 0.15) is 36.9 Å². The molecule has 0 spiro atoms. The van der Waals surface area contributed by atoms with Gasteiger partial charge >= 0.3 is 22.5 Å². The highest BCUT2D eigenvalue weighted by atomic mass is 32.2. The van der Waals surface area contributed by atoms with Crippen molar-refractivity contribution in [1.29, 1.82) is 0 Å². The average Bonchev–Trinajstić information content (AvgIpc) is 2.83. The second-order valence-electron chi connectivity index (χ2n) is 8.30. The number of halogens is 6.